The van der Waals surface area contributed by atoms with Crippen LogP contribution in [-0.4, -0.2) is 27.5 Å². The Morgan fingerprint density at radius 3 is 2.38 bits per heavy atom. The second kappa shape index (κ2) is 9.29. The molecular formula is C20H14F3N3O6. The highest BCUT2D eigenvalue weighted by Crippen LogP contribution is 2.25. The third-order valence-electron chi connectivity index (χ3n) is 3.93. The van der Waals surface area contributed by atoms with Gasteiger partial charge in [0.1, 0.15) is 5.75 Å². The molecule has 0 aliphatic carbocycles. The Balaban J connectivity index is 1.58. The number of nitrogens with zero attached hydrogens (tertiary/aromatic N) is 3. The van der Waals surface area contributed by atoms with Crippen molar-refractivity contribution in [1.29, 1.82) is 0 Å². The fraction of sp³-hybridized carbons (Fsp3) is 0.150. The molecule has 166 valence electrons. The number of nitro groups is 1. The minimum atomic E-state index is -4.79. The van der Waals surface area contributed by atoms with Crippen LogP contribution in [0, 0.1) is 10.1 Å². The number of aromatic nitrogens is 2. The van der Waals surface area contributed by atoms with Crippen molar-refractivity contribution in [2.75, 3.05) is 0 Å². The molecule has 1 aromatic heterocycles. The molecule has 1 atom stereocenters. The average Bonchev–Trinajstić information content (AvgIpc) is 3.23. The fourth-order valence-corrected chi connectivity index (χ4v) is 2.45. The molecule has 1 unspecified atom stereocenters. The maximum Gasteiger partial charge on any atom is 0.573 e. The number of halogens is 3. The van der Waals surface area contributed by atoms with Gasteiger partial charge in [0, 0.05) is 23.8 Å². The van der Waals surface area contributed by atoms with E-state index in [2.05, 4.69) is 14.9 Å². The summed E-state index contributed by atoms with van der Waals surface area (Å²) in [6.07, 6.45) is -3.24. The Bertz CT molecular complexity index is 1120. The summed E-state index contributed by atoms with van der Waals surface area (Å²) in [5.74, 6) is -1.03. The van der Waals surface area contributed by atoms with Gasteiger partial charge in [0.2, 0.25) is 5.89 Å². The zero-order valence-electron chi connectivity index (χ0n) is 16.3. The van der Waals surface area contributed by atoms with Gasteiger partial charge >= 0.3 is 12.3 Å². The van der Waals surface area contributed by atoms with Crippen molar-refractivity contribution < 1.29 is 36.8 Å². The zero-order valence-corrected chi connectivity index (χ0v) is 16.3. The quantitative estimate of drug-likeness (QED) is 0.217. The number of rotatable bonds is 7. The van der Waals surface area contributed by atoms with Crippen LogP contribution in [0.1, 0.15) is 24.5 Å². The predicted octanol–water partition coefficient (Wildman–Crippen LogP) is 4.86. The van der Waals surface area contributed by atoms with Crippen LogP contribution in [-0.2, 0) is 9.53 Å². The molecule has 0 aliphatic rings. The van der Waals surface area contributed by atoms with E-state index in [1.165, 1.54) is 49.4 Å². The largest absolute Gasteiger partial charge is 0.573 e. The summed E-state index contributed by atoms with van der Waals surface area (Å²) in [7, 11) is 0. The standard InChI is InChI=1S/C20H14F3N3O6/c1-12(18-24-25-19(31-18)14-5-7-15(8-6-14)26(28)29)30-17(27)11-4-13-2-9-16(10-3-13)32-20(21,22)23/h2-12H,1H3/b11-4+. The van der Waals surface area contributed by atoms with E-state index in [-0.39, 0.29) is 23.2 Å². The van der Waals surface area contributed by atoms with Gasteiger partial charge in [-0.3, -0.25) is 10.1 Å². The molecule has 0 saturated carbocycles. The van der Waals surface area contributed by atoms with E-state index in [0.29, 0.717) is 11.1 Å². The number of benzene rings is 2. The first-order valence-electron chi connectivity index (χ1n) is 8.93. The minimum Gasteiger partial charge on any atom is -0.449 e. The Morgan fingerprint density at radius 2 is 1.78 bits per heavy atom. The van der Waals surface area contributed by atoms with Crippen molar-refractivity contribution in [1.82, 2.24) is 10.2 Å². The molecule has 0 bridgehead atoms. The maximum atomic E-state index is 12.2. The molecule has 0 fully saturated rings. The number of carbonyl (C=O) groups excluding carboxylic acids is 1. The van der Waals surface area contributed by atoms with Gasteiger partial charge in [0.15, 0.2) is 6.10 Å². The summed E-state index contributed by atoms with van der Waals surface area (Å²) in [5, 5.41) is 18.3. The predicted molar refractivity (Wildman–Crippen MR) is 103 cm³/mol. The molecule has 3 aromatic rings. The Labute approximate surface area is 178 Å². The highest BCUT2D eigenvalue weighted by atomic mass is 19.4. The second-order valence-corrected chi connectivity index (χ2v) is 6.28. The molecular weight excluding hydrogens is 435 g/mol. The van der Waals surface area contributed by atoms with Gasteiger partial charge in [0.25, 0.3) is 11.6 Å². The number of non-ortho nitro benzene ring substituents is 1. The highest BCUT2D eigenvalue weighted by molar-refractivity contribution is 5.87. The number of hydrogen-bond donors (Lipinski definition) is 0. The fourth-order valence-electron chi connectivity index (χ4n) is 2.45. The lowest BCUT2D eigenvalue weighted by Crippen LogP contribution is -2.16. The third-order valence-corrected chi connectivity index (χ3v) is 3.93. The first kappa shape index (κ1) is 22.5. The van der Waals surface area contributed by atoms with Crippen LogP contribution in [0.15, 0.2) is 59.0 Å². The summed E-state index contributed by atoms with van der Waals surface area (Å²) in [6, 6.07) is 10.4. The van der Waals surface area contributed by atoms with E-state index in [9.17, 15) is 28.1 Å². The van der Waals surface area contributed by atoms with Crippen LogP contribution >= 0.6 is 0 Å². The van der Waals surface area contributed by atoms with Gasteiger partial charge in [-0.25, -0.2) is 4.79 Å². The summed E-state index contributed by atoms with van der Waals surface area (Å²) < 4.78 is 50.9. The molecule has 2 aromatic carbocycles. The molecule has 0 radical (unpaired) electrons. The lowest BCUT2D eigenvalue weighted by molar-refractivity contribution is -0.384. The monoisotopic (exact) mass is 449 g/mol. The summed E-state index contributed by atoms with van der Waals surface area (Å²) in [5.41, 5.74) is 0.804. The highest BCUT2D eigenvalue weighted by Gasteiger charge is 2.30. The van der Waals surface area contributed by atoms with Crippen LogP contribution in [0.4, 0.5) is 18.9 Å². The van der Waals surface area contributed by atoms with Crippen LogP contribution in [0.2, 0.25) is 0 Å². The smallest absolute Gasteiger partial charge is 0.449 e. The molecule has 0 amide bonds. The Hall–Kier alpha value is -4.22. The van der Waals surface area contributed by atoms with E-state index < -0.39 is 23.4 Å². The van der Waals surface area contributed by atoms with Crippen molar-refractivity contribution in [3.8, 4) is 17.2 Å². The molecule has 0 aliphatic heterocycles. The van der Waals surface area contributed by atoms with Crippen molar-refractivity contribution >= 4 is 17.7 Å². The van der Waals surface area contributed by atoms with Crippen LogP contribution in [0.5, 0.6) is 5.75 Å². The van der Waals surface area contributed by atoms with Crippen molar-refractivity contribution in [3.63, 3.8) is 0 Å². The summed E-state index contributed by atoms with van der Waals surface area (Å²) >= 11 is 0. The van der Waals surface area contributed by atoms with Gasteiger partial charge in [0.05, 0.1) is 4.92 Å². The molecule has 1 heterocycles. The Kier molecular flexibility index (Phi) is 6.52. The Morgan fingerprint density at radius 1 is 1.12 bits per heavy atom. The number of alkyl halides is 3. The zero-order chi connectivity index (χ0) is 23.3. The van der Waals surface area contributed by atoms with Gasteiger partial charge in [-0.05, 0) is 42.8 Å². The normalized spacial score (nSPS) is 12.5. The van der Waals surface area contributed by atoms with E-state index in [1.807, 2.05) is 0 Å². The second-order valence-electron chi connectivity index (χ2n) is 6.28. The average molecular weight is 449 g/mol. The number of hydrogen-bond acceptors (Lipinski definition) is 8. The van der Waals surface area contributed by atoms with Gasteiger partial charge in [-0.2, -0.15) is 0 Å². The van der Waals surface area contributed by atoms with Gasteiger partial charge < -0.3 is 13.9 Å². The first-order chi connectivity index (χ1) is 15.1. The van der Waals surface area contributed by atoms with Crippen molar-refractivity contribution in [2.24, 2.45) is 0 Å². The van der Waals surface area contributed by atoms with Crippen molar-refractivity contribution in [3.05, 3.63) is 76.2 Å². The number of carbonyl (C=O) groups is 1. The molecule has 0 saturated heterocycles. The van der Waals surface area contributed by atoms with E-state index in [1.54, 1.807) is 0 Å². The lowest BCUT2D eigenvalue weighted by Gasteiger charge is -2.08. The minimum absolute atomic E-state index is 0.00811. The van der Waals surface area contributed by atoms with Crippen LogP contribution < -0.4 is 4.74 Å². The van der Waals surface area contributed by atoms with Gasteiger partial charge in [-0.1, -0.05) is 12.1 Å². The number of nitro benzene ring substituents is 1. The van der Waals surface area contributed by atoms with Crippen LogP contribution in [0.25, 0.3) is 17.5 Å². The summed E-state index contributed by atoms with van der Waals surface area (Å²) in [6.45, 7) is 1.50. The molecule has 12 heteroatoms. The topological polar surface area (TPSA) is 118 Å². The lowest BCUT2D eigenvalue weighted by atomic mass is 10.2. The molecule has 32 heavy (non-hydrogen) atoms. The van der Waals surface area contributed by atoms with E-state index in [4.69, 9.17) is 9.15 Å². The van der Waals surface area contributed by atoms with Crippen LogP contribution in [0.3, 0.4) is 0 Å². The molecule has 0 spiro atoms. The van der Waals surface area contributed by atoms with Crippen molar-refractivity contribution in [2.45, 2.75) is 19.4 Å². The number of esters is 1. The third kappa shape index (κ3) is 6.14. The van der Waals surface area contributed by atoms with E-state index >= 15 is 0 Å². The molecule has 9 nitrogen and oxygen atoms in total. The SMILES string of the molecule is CC(OC(=O)/C=C/c1ccc(OC(F)(F)F)cc1)c1nnc(-c2ccc([N+](=O)[O-])cc2)o1. The first-order valence-corrected chi connectivity index (χ1v) is 8.93. The maximum absolute atomic E-state index is 12.2. The van der Waals surface area contributed by atoms with Gasteiger partial charge in [-0.15, -0.1) is 23.4 Å². The van der Waals surface area contributed by atoms with E-state index in [0.717, 1.165) is 18.2 Å². The number of ether oxygens (including phenoxy) is 2. The summed E-state index contributed by atoms with van der Waals surface area (Å²) in [4.78, 5) is 22.2. The molecule has 0 N–H and O–H groups in total. The molecule has 3 rings (SSSR count).